The van der Waals surface area contributed by atoms with Crippen LogP contribution in [0.5, 0.6) is 11.5 Å². The van der Waals surface area contributed by atoms with Gasteiger partial charge in [-0.25, -0.2) is 4.79 Å². The van der Waals surface area contributed by atoms with Crippen LogP contribution in [0.2, 0.25) is 0 Å². The van der Waals surface area contributed by atoms with Crippen LogP contribution in [-0.2, 0) is 20.9 Å². The Bertz CT molecular complexity index is 1080. The summed E-state index contributed by atoms with van der Waals surface area (Å²) in [5.41, 5.74) is 2.88. The summed E-state index contributed by atoms with van der Waals surface area (Å²) in [6.07, 6.45) is 1.60. The van der Waals surface area contributed by atoms with Gasteiger partial charge in [-0.2, -0.15) is 0 Å². The minimum absolute atomic E-state index is 0.219. The number of imide groups is 1. The van der Waals surface area contributed by atoms with E-state index in [2.05, 4.69) is 27.3 Å². The highest BCUT2D eigenvalue weighted by molar-refractivity contribution is 14.1. The SMILES string of the molecule is COC(=O)[C@H](C)N1C(=O)S/C(=C/c2cc(I)c(OCc3ccc(C)cc3)c(OC)c2)C1=O. The number of ether oxygens (including phenoxy) is 3. The van der Waals surface area contributed by atoms with Crippen molar-refractivity contribution in [2.24, 2.45) is 0 Å². The number of halogens is 1. The number of hydrogen-bond acceptors (Lipinski definition) is 7. The van der Waals surface area contributed by atoms with Crippen LogP contribution in [0.1, 0.15) is 23.6 Å². The van der Waals surface area contributed by atoms with Crippen LogP contribution < -0.4 is 9.47 Å². The normalized spacial score (nSPS) is 15.8. The van der Waals surface area contributed by atoms with Crippen LogP contribution in [0.25, 0.3) is 6.08 Å². The Kier molecular flexibility index (Phi) is 7.83. The third kappa shape index (κ3) is 5.26. The third-order valence-electron chi connectivity index (χ3n) is 4.81. The molecule has 0 bridgehead atoms. The van der Waals surface area contributed by atoms with E-state index in [9.17, 15) is 14.4 Å². The van der Waals surface area contributed by atoms with Crippen molar-refractivity contribution in [3.05, 3.63) is 61.6 Å². The van der Waals surface area contributed by atoms with Gasteiger partial charge in [-0.15, -0.1) is 0 Å². The van der Waals surface area contributed by atoms with Gasteiger partial charge >= 0.3 is 5.97 Å². The van der Waals surface area contributed by atoms with Gasteiger partial charge in [0.1, 0.15) is 12.6 Å². The molecule has 1 aliphatic rings. The fourth-order valence-electron chi connectivity index (χ4n) is 3.04. The number of carbonyl (C=O) groups excluding carboxylic acids is 3. The average Bonchev–Trinajstić information content (AvgIpc) is 3.05. The van der Waals surface area contributed by atoms with Crippen LogP contribution in [0.3, 0.4) is 0 Å². The van der Waals surface area contributed by atoms with E-state index in [0.29, 0.717) is 23.7 Å². The van der Waals surface area contributed by atoms with Crippen molar-refractivity contribution < 1.29 is 28.6 Å². The summed E-state index contributed by atoms with van der Waals surface area (Å²) in [5.74, 6) is -0.0814. The molecule has 32 heavy (non-hydrogen) atoms. The summed E-state index contributed by atoms with van der Waals surface area (Å²) in [6, 6.07) is 10.7. The minimum Gasteiger partial charge on any atom is -0.493 e. The Labute approximate surface area is 204 Å². The molecule has 3 rings (SSSR count). The van der Waals surface area contributed by atoms with Crippen LogP contribution in [0.4, 0.5) is 4.79 Å². The molecule has 1 aliphatic heterocycles. The van der Waals surface area contributed by atoms with Gasteiger partial charge in [0.25, 0.3) is 11.1 Å². The van der Waals surface area contributed by atoms with E-state index in [-0.39, 0.29) is 4.91 Å². The number of carbonyl (C=O) groups is 3. The van der Waals surface area contributed by atoms with Crippen molar-refractivity contribution in [3.63, 3.8) is 0 Å². The molecule has 0 spiro atoms. The van der Waals surface area contributed by atoms with E-state index < -0.39 is 23.2 Å². The van der Waals surface area contributed by atoms with Crippen molar-refractivity contribution in [2.45, 2.75) is 26.5 Å². The second-order valence-electron chi connectivity index (χ2n) is 7.06. The standard InChI is InChI=1S/C23H22INO6S/c1-13-5-7-15(8-6-13)12-31-20-17(24)9-16(10-18(20)29-3)11-19-21(26)25(23(28)32-19)14(2)22(27)30-4/h5-11,14H,12H2,1-4H3/b19-11+/t14-/m0/s1. The van der Waals surface area contributed by atoms with Crippen LogP contribution in [0.15, 0.2) is 41.3 Å². The zero-order valence-electron chi connectivity index (χ0n) is 18.0. The summed E-state index contributed by atoms with van der Waals surface area (Å²) >= 11 is 2.92. The Morgan fingerprint density at radius 3 is 2.50 bits per heavy atom. The molecule has 0 saturated carbocycles. The number of esters is 1. The van der Waals surface area contributed by atoms with Gasteiger partial charge in [-0.1, -0.05) is 29.8 Å². The van der Waals surface area contributed by atoms with E-state index in [1.54, 1.807) is 19.3 Å². The second-order valence-corrected chi connectivity index (χ2v) is 9.21. The number of aryl methyl sites for hydroxylation is 1. The topological polar surface area (TPSA) is 82.1 Å². The molecule has 0 unspecified atom stereocenters. The number of hydrogen-bond donors (Lipinski definition) is 0. The van der Waals surface area contributed by atoms with Gasteiger partial charge in [-0.05, 0) is 77.5 Å². The lowest BCUT2D eigenvalue weighted by molar-refractivity contribution is -0.148. The summed E-state index contributed by atoms with van der Waals surface area (Å²) in [5, 5.41) is -0.515. The highest BCUT2D eigenvalue weighted by Crippen LogP contribution is 2.38. The molecule has 1 atom stereocenters. The summed E-state index contributed by atoms with van der Waals surface area (Å²) < 4.78 is 16.9. The lowest BCUT2D eigenvalue weighted by Crippen LogP contribution is -2.42. The van der Waals surface area contributed by atoms with Crippen molar-refractivity contribution in [1.82, 2.24) is 4.90 Å². The lowest BCUT2D eigenvalue weighted by atomic mass is 10.1. The summed E-state index contributed by atoms with van der Waals surface area (Å²) in [4.78, 5) is 37.9. The Morgan fingerprint density at radius 1 is 1.19 bits per heavy atom. The number of thioether (sulfide) groups is 1. The summed E-state index contributed by atoms with van der Waals surface area (Å²) in [7, 11) is 2.75. The number of amides is 2. The van der Waals surface area contributed by atoms with E-state index in [1.165, 1.54) is 19.6 Å². The smallest absolute Gasteiger partial charge is 0.328 e. The van der Waals surface area contributed by atoms with Gasteiger partial charge in [0.2, 0.25) is 0 Å². The molecule has 1 heterocycles. The Hall–Kier alpha value is -2.53. The average molecular weight is 567 g/mol. The highest BCUT2D eigenvalue weighted by Gasteiger charge is 2.41. The Balaban J connectivity index is 1.83. The maximum atomic E-state index is 12.7. The minimum atomic E-state index is -0.995. The fourth-order valence-corrected chi connectivity index (χ4v) is 4.73. The largest absolute Gasteiger partial charge is 0.493 e. The van der Waals surface area contributed by atoms with Crippen molar-refractivity contribution >= 4 is 57.5 Å². The van der Waals surface area contributed by atoms with Crippen LogP contribution >= 0.6 is 34.4 Å². The maximum absolute atomic E-state index is 12.7. The molecular weight excluding hydrogens is 545 g/mol. The van der Waals surface area contributed by atoms with Gasteiger partial charge in [-0.3, -0.25) is 14.5 Å². The lowest BCUT2D eigenvalue weighted by Gasteiger charge is -2.18. The molecule has 1 fully saturated rings. The van der Waals surface area contributed by atoms with Gasteiger partial charge in [0.15, 0.2) is 11.5 Å². The first kappa shape index (κ1) is 24.1. The Morgan fingerprint density at radius 2 is 1.88 bits per heavy atom. The first-order chi connectivity index (χ1) is 15.2. The third-order valence-corrected chi connectivity index (χ3v) is 6.49. The molecule has 1 saturated heterocycles. The highest BCUT2D eigenvalue weighted by atomic mass is 127. The van der Waals surface area contributed by atoms with Crippen LogP contribution in [0, 0.1) is 10.5 Å². The molecule has 0 N–H and O–H groups in total. The molecule has 2 amide bonds. The molecular formula is C23H22INO6S. The first-order valence-corrected chi connectivity index (χ1v) is 11.6. The maximum Gasteiger partial charge on any atom is 0.328 e. The zero-order chi connectivity index (χ0) is 23.4. The predicted molar refractivity (Wildman–Crippen MR) is 131 cm³/mol. The molecule has 0 aromatic heterocycles. The molecule has 168 valence electrons. The van der Waals surface area contributed by atoms with Crippen molar-refractivity contribution in [3.8, 4) is 11.5 Å². The number of benzene rings is 2. The number of rotatable bonds is 7. The zero-order valence-corrected chi connectivity index (χ0v) is 21.0. The molecule has 2 aromatic rings. The molecule has 7 nitrogen and oxygen atoms in total. The number of methoxy groups -OCH3 is 2. The van der Waals surface area contributed by atoms with Gasteiger partial charge < -0.3 is 14.2 Å². The predicted octanol–water partition coefficient (Wildman–Crippen LogP) is 4.79. The molecule has 2 aromatic carbocycles. The molecule has 0 radical (unpaired) electrons. The molecule has 0 aliphatic carbocycles. The van der Waals surface area contributed by atoms with Crippen molar-refractivity contribution in [1.29, 1.82) is 0 Å². The second kappa shape index (κ2) is 10.4. The number of nitrogens with zero attached hydrogens (tertiary/aromatic N) is 1. The quantitative estimate of drug-likeness (QED) is 0.271. The van der Waals surface area contributed by atoms with E-state index >= 15 is 0 Å². The van der Waals surface area contributed by atoms with E-state index in [1.807, 2.05) is 37.3 Å². The van der Waals surface area contributed by atoms with Gasteiger partial charge in [0.05, 0.1) is 22.7 Å². The monoisotopic (exact) mass is 567 g/mol. The van der Waals surface area contributed by atoms with E-state index in [4.69, 9.17) is 9.47 Å². The first-order valence-electron chi connectivity index (χ1n) is 9.66. The van der Waals surface area contributed by atoms with Crippen molar-refractivity contribution in [2.75, 3.05) is 14.2 Å². The van der Waals surface area contributed by atoms with Crippen LogP contribution in [-0.4, -0.2) is 42.3 Å². The summed E-state index contributed by atoms with van der Waals surface area (Å²) in [6.45, 7) is 3.87. The molecule has 9 heteroatoms. The van der Waals surface area contributed by atoms with Gasteiger partial charge in [0, 0.05) is 0 Å². The van der Waals surface area contributed by atoms with E-state index in [0.717, 1.165) is 25.8 Å². The fraction of sp³-hybridized carbons (Fsp3) is 0.261.